The van der Waals surface area contributed by atoms with Gasteiger partial charge in [0.1, 0.15) is 5.82 Å². The second-order valence-corrected chi connectivity index (χ2v) is 5.19. The van der Waals surface area contributed by atoms with Crippen molar-refractivity contribution in [2.45, 2.75) is 6.92 Å². The number of rotatable bonds is 2. The molecule has 0 radical (unpaired) electrons. The molecule has 0 fully saturated rings. The van der Waals surface area contributed by atoms with Crippen molar-refractivity contribution in [2.75, 3.05) is 11.1 Å². The minimum atomic E-state index is 0.251. The Hall–Kier alpha value is -1.14. The third-order valence-electron chi connectivity index (χ3n) is 2.20. The molecule has 0 spiro atoms. The summed E-state index contributed by atoms with van der Waals surface area (Å²) in [4.78, 5) is 8.09. The van der Waals surface area contributed by atoms with Gasteiger partial charge in [-0.2, -0.15) is 4.98 Å². The van der Waals surface area contributed by atoms with E-state index in [0.717, 1.165) is 20.2 Å². The largest absolute Gasteiger partial charge is 0.368 e. The lowest BCUT2D eigenvalue weighted by Crippen LogP contribution is -2.02. The summed E-state index contributed by atoms with van der Waals surface area (Å²) >= 11 is 6.96. The maximum atomic E-state index is 5.57. The fourth-order valence-corrected chi connectivity index (χ4v) is 2.51. The molecule has 17 heavy (non-hydrogen) atoms. The molecule has 1 aromatic heterocycles. The van der Waals surface area contributed by atoms with Crippen molar-refractivity contribution >= 4 is 49.3 Å². The van der Waals surface area contributed by atoms with E-state index in [9.17, 15) is 0 Å². The van der Waals surface area contributed by atoms with Crippen LogP contribution in [-0.4, -0.2) is 9.97 Å². The van der Waals surface area contributed by atoms with Gasteiger partial charge < -0.3 is 11.1 Å². The molecule has 6 heteroatoms. The molecule has 0 unspecified atom stereocenters. The number of benzene rings is 1. The molecule has 3 N–H and O–H groups in total. The number of aromatic nitrogens is 2. The van der Waals surface area contributed by atoms with E-state index in [0.29, 0.717) is 5.82 Å². The first-order chi connectivity index (χ1) is 8.08. The summed E-state index contributed by atoms with van der Waals surface area (Å²) in [6.07, 6.45) is 1.69. The summed E-state index contributed by atoms with van der Waals surface area (Å²) in [5.41, 5.74) is 7.41. The van der Waals surface area contributed by atoms with Gasteiger partial charge in [-0.25, -0.2) is 4.98 Å². The number of hydrogen-bond donors (Lipinski definition) is 2. The average Bonchev–Trinajstić information content (AvgIpc) is 2.28. The molecular formula is C11H10Br2N4. The highest BCUT2D eigenvalue weighted by Gasteiger charge is 2.08. The van der Waals surface area contributed by atoms with Gasteiger partial charge in [0.25, 0.3) is 0 Å². The zero-order valence-electron chi connectivity index (χ0n) is 9.04. The molecule has 0 aliphatic carbocycles. The van der Waals surface area contributed by atoms with Crippen molar-refractivity contribution in [2.24, 2.45) is 0 Å². The Labute approximate surface area is 116 Å². The first-order valence-electron chi connectivity index (χ1n) is 4.88. The van der Waals surface area contributed by atoms with Crippen molar-refractivity contribution in [3.05, 3.63) is 38.9 Å². The third kappa shape index (κ3) is 2.76. The number of hydrogen-bond acceptors (Lipinski definition) is 4. The van der Waals surface area contributed by atoms with E-state index in [4.69, 9.17) is 5.73 Å². The van der Waals surface area contributed by atoms with Crippen LogP contribution in [0.3, 0.4) is 0 Å². The van der Waals surface area contributed by atoms with Crippen LogP contribution in [0.2, 0.25) is 0 Å². The summed E-state index contributed by atoms with van der Waals surface area (Å²) in [6.45, 7) is 1.92. The van der Waals surface area contributed by atoms with E-state index >= 15 is 0 Å². The van der Waals surface area contributed by atoms with Crippen molar-refractivity contribution in [3.8, 4) is 0 Å². The van der Waals surface area contributed by atoms with E-state index in [1.165, 1.54) is 0 Å². The van der Waals surface area contributed by atoms with Crippen LogP contribution in [0, 0.1) is 6.92 Å². The zero-order chi connectivity index (χ0) is 12.4. The van der Waals surface area contributed by atoms with Gasteiger partial charge in [0, 0.05) is 20.7 Å². The van der Waals surface area contributed by atoms with Crippen LogP contribution in [-0.2, 0) is 0 Å². The van der Waals surface area contributed by atoms with Gasteiger partial charge in [-0.1, -0.05) is 6.07 Å². The van der Waals surface area contributed by atoms with Gasteiger partial charge in [0.15, 0.2) is 0 Å². The summed E-state index contributed by atoms with van der Waals surface area (Å²) in [5.74, 6) is 0.950. The molecular weight excluding hydrogens is 348 g/mol. The fourth-order valence-electron chi connectivity index (χ4n) is 1.32. The summed E-state index contributed by atoms with van der Waals surface area (Å²) in [6, 6.07) is 5.85. The van der Waals surface area contributed by atoms with Crippen LogP contribution in [0.15, 0.2) is 33.3 Å². The Balaban J connectivity index is 2.41. The third-order valence-corrected chi connectivity index (χ3v) is 3.52. The zero-order valence-corrected chi connectivity index (χ0v) is 12.2. The molecule has 88 valence electrons. The Bertz CT molecular complexity index is 537. The first kappa shape index (κ1) is 12.3. The fraction of sp³-hybridized carbons (Fsp3) is 0.0909. The topological polar surface area (TPSA) is 63.8 Å². The molecule has 0 saturated carbocycles. The summed E-state index contributed by atoms with van der Waals surface area (Å²) in [5, 5.41) is 3.22. The van der Waals surface area contributed by atoms with E-state index in [-0.39, 0.29) is 5.95 Å². The molecule has 2 aromatic rings. The minimum absolute atomic E-state index is 0.251. The second-order valence-electron chi connectivity index (χ2n) is 3.48. The lowest BCUT2D eigenvalue weighted by atomic mass is 10.3. The normalized spacial score (nSPS) is 10.3. The van der Waals surface area contributed by atoms with Gasteiger partial charge in [-0.15, -0.1) is 0 Å². The highest BCUT2D eigenvalue weighted by Crippen LogP contribution is 2.33. The number of nitrogens with one attached hydrogen (secondary N) is 1. The van der Waals surface area contributed by atoms with Gasteiger partial charge in [-0.05, 0) is 50.9 Å². The Morgan fingerprint density at radius 2 is 1.88 bits per heavy atom. The number of para-hydroxylation sites is 1. The van der Waals surface area contributed by atoms with Crippen LogP contribution in [0.4, 0.5) is 17.5 Å². The maximum Gasteiger partial charge on any atom is 0.221 e. The molecule has 0 amide bonds. The average molecular weight is 358 g/mol. The summed E-state index contributed by atoms with van der Waals surface area (Å²) < 4.78 is 1.90. The molecule has 1 heterocycles. The van der Waals surface area contributed by atoms with Crippen LogP contribution in [0.25, 0.3) is 0 Å². The number of nitrogens with two attached hydrogens (primary N) is 1. The van der Waals surface area contributed by atoms with Crippen LogP contribution < -0.4 is 11.1 Å². The van der Waals surface area contributed by atoms with E-state index < -0.39 is 0 Å². The van der Waals surface area contributed by atoms with Crippen molar-refractivity contribution < 1.29 is 0 Å². The van der Waals surface area contributed by atoms with E-state index in [2.05, 4.69) is 47.1 Å². The molecule has 0 aliphatic heterocycles. The number of aryl methyl sites for hydroxylation is 1. The molecule has 4 nitrogen and oxygen atoms in total. The quantitative estimate of drug-likeness (QED) is 0.861. The Kier molecular flexibility index (Phi) is 3.63. The van der Waals surface area contributed by atoms with Gasteiger partial charge >= 0.3 is 0 Å². The highest BCUT2D eigenvalue weighted by molar-refractivity contribution is 9.11. The van der Waals surface area contributed by atoms with Crippen LogP contribution in [0.1, 0.15) is 5.56 Å². The van der Waals surface area contributed by atoms with Gasteiger partial charge in [0.2, 0.25) is 5.95 Å². The van der Waals surface area contributed by atoms with E-state index in [1.54, 1.807) is 6.20 Å². The Morgan fingerprint density at radius 1 is 1.24 bits per heavy atom. The van der Waals surface area contributed by atoms with E-state index in [1.807, 2.05) is 25.1 Å². The molecule has 0 bridgehead atoms. The number of halogens is 2. The lowest BCUT2D eigenvalue weighted by molar-refractivity contribution is 1.14. The number of nitrogen functional groups attached to an aromatic ring is 1. The SMILES string of the molecule is Cc1cnc(N)nc1Nc1c(Br)cccc1Br. The molecule has 0 saturated heterocycles. The minimum Gasteiger partial charge on any atom is -0.368 e. The van der Waals surface area contributed by atoms with Crippen LogP contribution in [0.5, 0.6) is 0 Å². The predicted molar refractivity (Wildman–Crippen MR) is 76.3 cm³/mol. The smallest absolute Gasteiger partial charge is 0.221 e. The Morgan fingerprint density at radius 3 is 2.53 bits per heavy atom. The van der Waals surface area contributed by atoms with Crippen molar-refractivity contribution in [1.29, 1.82) is 0 Å². The van der Waals surface area contributed by atoms with Crippen molar-refractivity contribution in [3.63, 3.8) is 0 Å². The van der Waals surface area contributed by atoms with Gasteiger partial charge in [0.05, 0.1) is 5.69 Å². The molecule has 0 atom stereocenters. The molecule has 0 aliphatic rings. The predicted octanol–water partition coefficient (Wildman–Crippen LogP) is 3.64. The number of anilines is 3. The highest BCUT2D eigenvalue weighted by atomic mass is 79.9. The summed E-state index contributed by atoms with van der Waals surface area (Å²) in [7, 11) is 0. The second kappa shape index (κ2) is 5.01. The maximum absolute atomic E-state index is 5.57. The lowest BCUT2D eigenvalue weighted by Gasteiger charge is -2.11. The monoisotopic (exact) mass is 356 g/mol. The molecule has 2 rings (SSSR count). The van der Waals surface area contributed by atoms with Crippen molar-refractivity contribution in [1.82, 2.24) is 9.97 Å². The van der Waals surface area contributed by atoms with Crippen LogP contribution >= 0.6 is 31.9 Å². The number of nitrogens with zero attached hydrogens (tertiary/aromatic N) is 2. The molecule has 1 aromatic carbocycles. The van der Waals surface area contributed by atoms with Gasteiger partial charge in [-0.3, -0.25) is 0 Å². The standard InChI is InChI=1S/C11H10Br2N4/c1-6-5-15-11(14)17-10(6)16-9-7(12)3-2-4-8(9)13/h2-5H,1H3,(H3,14,15,16,17). The first-order valence-corrected chi connectivity index (χ1v) is 6.46.